The summed E-state index contributed by atoms with van der Waals surface area (Å²) >= 11 is 0. The lowest BCUT2D eigenvalue weighted by molar-refractivity contribution is 0.0785. The summed E-state index contributed by atoms with van der Waals surface area (Å²) in [6, 6.07) is 9.32. The maximum absolute atomic E-state index is 12.8. The summed E-state index contributed by atoms with van der Waals surface area (Å²) in [5, 5.41) is 0. The van der Waals surface area contributed by atoms with E-state index in [0.29, 0.717) is 23.6 Å². The van der Waals surface area contributed by atoms with Gasteiger partial charge in [0.25, 0.3) is 5.91 Å². The van der Waals surface area contributed by atoms with E-state index in [9.17, 15) is 9.18 Å². The molecule has 5 heteroatoms. The second kappa shape index (κ2) is 5.69. The molecule has 0 aliphatic rings. The van der Waals surface area contributed by atoms with Gasteiger partial charge in [-0.05, 0) is 36.8 Å². The van der Waals surface area contributed by atoms with Crippen LogP contribution in [-0.2, 0) is 6.54 Å². The van der Waals surface area contributed by atoms with Gasteiger partial charge < -0.3 is 10.6 Å². The zero-order valence-corrected chi connectivity index (χ0v) is 11.4. The molecule has 0 unspecified atom stereocenters. The highest BCUT2D eigenvalue weighted by molar-refractivity contribution is 5.94. The number of anilines is 1. The number of nitrogens with two attached hydrogens (primary N) is 1. The molecule has 2 aromatic rings. The molecule has 0 atom stereocenters. The number of halogens is 1. The molecule has 0 fully saturated rings. The number of rotatable bonds is 3. The van der Waals surface area contributed by atoms with Crippen LogP contribution in [0.2, 0.25) is 0 Å². The van der Waals surface area contributed by atoms with Crippen molar-refractivity contribution in [2.75, 3.05) is 12.8 Å². The number of carbonyl (C=O) groups excluding carboxylic acids is 1. The first-order chi connectivity index (χ1) is 9.45. The molecule has 0 saturated carbocycles. The lowest BCUT2D eigenvalue weighted by Gasteiger charge is -2.17. The van der Waals surface area contributed by atoms with Gasteiger partial charge in [0.1, 0.15) is 11.6 Å². The Morgan fingerprint density at radius 1 is 1.30 bits per heavy atom. The fourth-order valence-electron chi connectivity index (χ4n) is 1.97. The van der Waals surface area contributed by atoms with Crippen LogP contribution in [0.4, 0.5) is 10.2 Å². The van der Waals surface area contributed by atoms with Crippen LogP contribution >= 0.6 is 0 Å². The number of aryl methyl sites for hydroxylation is 1. The largest absolute Gasteiger partial charge is 0.384 e. The Morgan fingerprint density at radius 3 is 2.55 bits per heavy atom. The second-order valence-electron chi connectivity index (χ2n) is 4.71. The molecule has 1 heterocycles. The Bertz CT molecular complexity index is 605. The maximum Gasteiger partial charge on any atom is 0.254 e. The third-order valence-electron chi connectivity index (χ3n) is 2.90. The summed E-state index contributed by atoms with van der Waals surface area (Å²) < 4.78 is 12.8. The van der Waals surface area contributed by atoms with Gasteiger partial charge in [0.2, 0.25) is 0 Å². The number of pyridine rings is 1. The van der Waals surface area contributed by atoms with E-state index in [-0.39, 0.29) is 11.7 Å². The summed E-state index contributed by atoms with van der Waals surface area (Å²) in [7, 11) is 1.69. The number of hydrogen-bond donors (Lipinski definition) is 1. The lowest BCUT2D eigenvalue weighted by Crippen LogP contribution is -2.26. The van der Waals surface area contributed by atoms with Crippen LogP contribution in [0.1, 0.15) is 21.6 Å². The second-order valence-corrected chi connectivity index (χ2v) is 4.71. The molecule has 2 N–H and O–H groups in total. The van der Waals surface area contributed by atoms with Crippen molar-refractivity contribution < 1.29 is 9.18 Å². The van der Waals surface area contributed by atoms with Gasteiger partial charge in [-0.2, -0.15) is 0 Å². The fourth-order valence-corrected chi connectivity index (χ4v) is 1.97. The highest BCUT2D eigenvalue weighted by Crippen LogP contribution is 2.12. The Balaban J connectivity index is 2.14. The van der Waals surface area contributed by atoms with Crippen molar-refractivity contribution in [2.24, 2.45) is 0 Å². The van der Waals surface area contributed by atoms with Crippen molar-refractivity contribution in [3.8, 4) is 0 Å². The molecule has 0 bridgehead atoms. The van der Waals surface area contributed by atoms with E-state index in [1.807, 2.05) is 0 Å². The van der Waals surface area contributed by atoms with Gasteiger partial charge in [-0.25, -0.2) is 9.37 Å². The van der Waals surface area contributed by atoms with Crippen molar-refractivity contribution >= 4 is 11.7 Å². The first-order valence-electron chi connectivity index (χ1n) is 6.20. The van der Waals surface area contributed by atoms with Crippen molar-refractivity contribution in [1.29, 1.82) is 0 Å². The first-order valence-corrected chi connectivity index (χ1v) is 6.20. The van der Waals surface area contributed by atoms with E-state index in [0.717, 1.165) is 5.56 Å². The predicted molar refractivity (Wildman–Crippen MR) is 75.6 cm³/mol. The summed E-state index contributed by atoms with van der Waals surface area (Å²) in [4.78, 5) is 17.9. The van der Waals surface area contributed by atoms with E-state index in [4.69, 9.17) is 5.73 Å². The predicted octanol–water partition coefficient (Wildman–Crippen LogP) is 2.38. The summed E-state index contributed by atoms with van der Waals surface area (Å²) in [5.74, 6) is -0.115. The van der Waals surface area contributed by atoms with E-state index < -0.39 is 0 Å². The Hall–Kier alpha value is -2.43. The number of nitrogen functional groups attached to an aromatic ring is 1. The number of aromatic nitrogens is 1. The quantitative estimate of drug-likeness (QED) is 0.934. The molecule has 2 rings (SSSR count). The fraction of sp³-hybridized carbons (Fsp3) is 0.200. The van der Waals surface area contributed by atoms with Gasteiger partial charge in [0, 0.05) is 24.8 Å². The molecule has 1 amide bonds. The molecule has 0 aliphatic carbocycles. The summed E-state index contributed by atoms with van der Waals surface area (Å²) in [6.45, 7) is 2.19. The minimum Gasteiger partial charge on any atom is -0.384 e. The first kappa shape index (κ1) is 14.0. The number of carbonyl (C=O) groups is 1. The highest BCUT2D eigenvalue weighted by Gasteiger charge is 2.13. The average Bonchev–Trinajstić information content (AvgIpc) is 2.39. The average molecular weight is 273 g/mol. The number of benzene rings is 1. The van der Waals surface area contributed by atoms with Gasteiger partial charge in [-0.3, -0.25) is 4.79 Å². The van der Waals surface area contributed by atoms with Crippen LogP contribution in [0, 0.1) is 12.7 Å². The third-order valence-corrected chi connectivity index (χ3v) is 2.90. The van der Waals surface area contributed by atoms with Crippen LogP contribution in [0.25, 0.3) is 0 Å². The standard InChI is InChI=1S/C15H16FN3O/c1-10-7-12(8-14(17)18-10)15(20)19(2)9-11-3-5-13(16)6-4-11/h3-8H,9H2,1-2H3,(H2,17,18). The zero-order chi connectivity index (χ0) is 14.7. The minimum atomic E-state index is -0.291. The number of nitrogens with zero attached hydrogens (tertiary/aromatic N) is 2. The van der Waals surface area contributed by atoms with Crippen LogP contribution < -0.4 is 5.73 Å². The topological polar surface area (TPSA) is 59.2 Å². The molecule has 1 aromatic carbocycles. The molecular weight excluding hydrogens is 257 g/mol. The summed E-state index contributed by atoms with van der Waals surface area (Å²) in [6.07, 6.45) is 0. The Labute approximate surface area is 117 Å². The summed E-state index contributed by atoms with van der Waals surface area (Å²) in [5.41, 5.74) is 7.70. The molecule has 20 heavy (non-hydrogen) atoms. The SMILES string of the molecule is Cc1cc(C(=O)N(C)Cc2ccc(F)cc2)cc(N)n1. The Kier molecular flexibility index (Phi) is 3.98. The van der Waals surface area contributed by atoms with Gasteiger partial charge in [0.15, 0.2) is 0 Å². The van der Waals surface area contributed by atoms with E-state index in [1.54, 1.807) is 43.1 Å². The molecule has 104 valence electrons. The van der Waals surface area contributed by atoms with E-state index >= 15 is 0 Å². The van der Waals surface area contributed by atoms with Crippen molar-refractivity contribution in [2.45, 2.75) is 13.5 Å². The van der Waals surface area contributed by atoms with Gasteiger partial charge >= 0.3 is 0 Å². The monoisotopic (exact) mass is 273 g/mol. The molecule has 0 spiro atoms. The minimum absolute atomic E-state index is 0.147. The van der Waals surface area contributed by atoms with E-state index in [2.05, 4.69) is 4.98 Å². The molecule has 0 aliphatic heterocycles. The normalized spacial score (nSPS) is 10.3. The maximum atomic E-state index is 12.8. The molecular formula is C15H16FN3O. The van der Waals surface area contributed by atoms with Gasteiger partial charge in [-0.1, -0.05) is 12.1 Å². The zero-order valence-electron chi connectivity index (χ0n) is 11.4. The van der Waals surface area contributed by atoms with Crippen LogP contribution in [0.5, 0.6) is 0 Å². The molecule has 4 nitrogen and oxygen atoms in total. The van der Waals surface area contributed by atoms with Gasteiger partial charge in [0.05, 0.1) is 0 Å². The number of amides is 1. The van der Waals surface area contributed by atoms with Crippen molar-refractivity contribution in [3.63, 3.8) is 0 Å². The molecule has 0 saturated heterocycles. The van der Waals surface area contributed by atoms with Crippen LogP contribution in [0.15, 0.2) is 36.4 Å². The smallest absolute Gasteiger partial charge is 0.254 e. The number of hydrogen-bond acceptors (Lipinski definition) is 3. The molecule has 1 aromatic heterocycles. The van der Waals surface area contributed by atoms with Crippen LogP contribution in [0.3, 0.4) is 0 Å². The molecule has 0 radical (unpaired) electrons. The third kappa shape index (κ3) is 3.32. The highest BCUT2D eigenvalue weighted by atomic mass is 19.1. The lowest BCUT2D eigenvalue weighted by atomic mass is 10.1. The van der Waals surface area contributed by atoms with Gasteiger partial charge in [-0.15, -0.1) is 0 Å². The Morgan fingerprint density at radius 2 is 1.95 bits per heavy atom. The van der Waals surface area contributed by atoms with Crippen LogP contribution in [-0.4, -0.2) is 22.8 Å². The van der Waals surface area contributed by atoms with E-state index in [1.165, 1.54) is 12.1 Å². The van der Waals surface area contributed by atoms with Crippen molar-refractivity contribution in [3.05, 3.63) is 59.0 Å². The van der Waals surface area contributed by atoms with Crippen molar-refractivity contribution in [1.82, 2.24) is 9.88 Å².